The first-order chi connectivity index (χ1) is 15.6. The molecule has 9 heteroatoms. The number of amides is 1. The van der Waals surface area contributed by atoms with Gasteiger partial charge in [-0.15, -0.1) is 0 Å². The number of thioether (sulfide) groups is 1. The van der Waals surface area contributed by atoms with Gasteiger partial charge >= 0.3 is 0 Å². The maximum atomic E-state index is 13.0. The standard InChI is InChI=1S/C23H19FN6OS/c24-16-11-13-19(14-12-16)25-20(31)15-32-23-29-21(26-17-7-3-1-4-8-17)28-22(30-23)27-18-9-5-2-6-10-18/h1-14H,15H2,(H,25,31)(H2,26,27,28,29,30). The highest BCUT2D eigenvalue weighted by Crippen LogP contribution is 2.21. The van der Waals surface area contributed by atoms with Crippen LogP contribution in [-0.2, 0) is 4.79 Å². The van der Waals surface area contributed by atoms with Crippen LogP contribution in [0.2, 0.25) is 0 Å². The van der Waals surface area contributed by atoms with Crippen LogP contribution >= 0.6 is 11.8 Å². The Morgan fingerprint density at radius 1 is 0.719 bits per heavy atom. The lowest BCUT2D eigenvalue weighted by Gasteiger charge is -2.10. The van der Waals surface area contributed by atoms with Gasteiger partial charge in [0.1, 0.15) is 5.82 Å². The summed E-state index contributed by atoms with van der Waals surface area (Å²) >= 11 is 1.17. The SMILES string of the molecule is O=C(CSc1nc(Nc2ccccc2)nc(Nc2ccccc2)n1)Nc1ccc(F)cc1. The molecule has 32 heavy (non-hydrogen) atoms. The van der Waals surface area contributed by atoms with E-state index in [1.807, 2.05) is 60.7 Å². The summed E-state index contributed by atoms with van der Waals surface area (Å²) in [6.45, 7) is 0. The Morgan fingerprint density at radius 2 is 1.25 bits per heavy atom. The predicted octanol–water partition coefficient (Wildman–Crippen LogP) is 5.23. The molecular formula is C23H19FN6OS. The number of rotatable bonds is 8. The topological polar surface area (TPSA) is 91.8 Å². The van der Waals surface area contributed by atoms with Gasteiger partial charge in [0.05, 0.1) is 5.75 Å². The van der Waals surface area contributed by atoms with Gasteiger partial charge in [-0.2, -0.15) is 15.0 Å². The third-order valence-electron chi connectivity index (χ3n) is 4.14. The first-order valence-corrected chi connectivity index (χ1v) is 10.7. The number of nitrogens with zero attached hydrogens (tertiary/aromatic N) is 3. The first kappa shape index (κ1) is 21.3. The number of para-hydroxylation sites is 2. The van der Waals surface area contributed by atoms with Crippen LogP contribution in [0.3, 0.4) is 0 Å². The van der Waals surface area contributed by atoms with Gasteiger partial charge in [0.25, 0.3) is 0 Å². The number of benzene rings is 3. The summed E-state index contributed by atoms with van der Waals surface area (Å²) in [6, 6.07) is 24.6. The lowest BCUT2D eigenvalue weighted by molar-refractivity contribution is -0.113. The van der Waals surface area contributed by atoms with Crippen LogP contribution in [-0.4, -0.2) is 26.6 Å². The van der Waals surface area contributed by atoms with E-state index in [0.717, 1.165) is 11.4 Å². The summed E-state index contributed by atoms with van der Waals surface area (Å²) in [5.41, 5.74) is 2.18. The molecule has 0 aliphatic carbocycles. The zero-order chi connectivity index (χ0) is 22.2. The lowest BCUT2D eigenvalue weighted by atomic mass is 10.3. The van der Waals surface area contributed by atoms with Crippen molar-refractivity contribution in [2.24, 2.45) is 0 Å². The average molecular weight is 447 g/mol. The van der Waals surface area contributed by atoms with Crippen molar-refractivity contribution in [2.75, 3.05) is 21.7 Å². The number of anilines is 5. The Labute approximate surface area is 188 Å². The third kappa shape index (κ3) is 6.26. The van der Waals surface area contributed by atoms with Crippen molar-refractivity contribution in [3.05, 3.63) is 90.7 Å². The summed E-state index contributed by atoms with van der Waals surface area (Å²) in [7, 11) is 0. The molecule has 0 bridgehead atoms. The van der Waals surface area contributed by atoms with Gasteiger partial charge in [0.15, 0.2) is 5.16 Å². The minimum absolute atomic E-state index is 0.0803. The van der Waals surface area contributed by atoms with Gasteiger partial charge < -0.3 is 16.0 Å². The summed E-state index contributed by atoms with van der Waals surface area (Å²) in [4.78, 5) is 25.6. The van der Waals surface area contributed by atoms with Crippen molar-refractivity contribution in [1.82, 2.24) is 15.0 Å². The normalized spacial score (nSPS) is 10.4. The molecule has 0 fully saturated rings. The van der Waals surface area contributed by atoms with Gasteiger partial charge in [-0.05, 0) is 48.5 Å². The van der Waals surface area contributed by atoms with Gasteiger partial charge in [-0.25, -0.2) is 4.39 Å². The number of nitrogens with one attached hydrogen (secondary N) is 3. The van der Waals surface area contributed by atoms with E-state index in [-0.39, 0.29) is 17.5 Å². The number of carbonyl (C=O) groups excluding carboxylic acids is 1. The van der Waals surface area contributed by atoms with Crippen molar-refractivity contribution in [3.8, 4) is 0 Å². The molecule has 0 saturated carbocycles. The highest BCUT2D eigenvalue weighted by Gasteiger charge is 2.11. The fraction of sp³-hybridized carbons (Fsp3) is 0.0435. The molecular weight excluding hydrogens is 427 g/mol. The molecule has 160 valence electrons. The van der Waals surface area contributed by atoms with Crippen molar-refractivity contribution in [2.45, 2.75) is 5.16 Å². The molecule has 4 rings (SSSR count). The highest BCUT2D eigenvalue weighted by molar-refractivity contribution is 7.99. The van der Waals surface area contributed by atoms with Crippen LogP contribution in [0.5, 0.6) is 0 Å². The monoisotopic (exact) mass is 446 g/mol. The number of aromatic nitrogens is 3. The van der Waals surface area contributed by atoms with Crippen LogP contribution < -0.4 is 16.0 Å². The van der Waals surface area contributed by atoms with E-state index in [4.69, 9.17) is 0 Å². The van der Waals surface area contributed by atoms with E-state index in [1.165, 1.54) is 36.0 Å². The average Bonchev–Trinajstić information content (AvgIpc) is 2.80. The quantitative estimate of drug-likeness (QED) is 0.319. The van der Waals surface area contributed by atoms with Gasteiger partial charge in [-0.3, -0.25) is 4.79 Å². The van der Waals surface area contributed by atoms with Crippen molar-refractivity contribution < 1.29 is 9.18 Å². The Bertz CT molecular complexity index is 1120. The minimum atomic E-state index is -0.362. The largest absolute Gasteiger partial charge is 0.325 e. The van der Waals surface area contributed by atoms with Gasteiger partial charge in [0, 0.05) is 17.1 Å². The van der Waals surface area contributed by atoms with Crippen LogP contribution in [0.15, 0.2) is 90.1 Å². The van der Waals surface area contributed by atoms with Crippen LogP contribution in [0.25, 0.3) is 0 Å². The van der Waals surface area contributed by atoms with E-state index < -0.39 is 0 Å². The Hall–Kier alpha value is -3.98. The molecule has 7 nitrogen and oxygen atoms in total. The molecule has 3 aromatic carbocycles. The lowest BCUT2D eigenvalue weighted by Crippen LogP contribution is -2.14. The van der Waals surface area contributed by atoms with E-state index in [2.05, 4.69) is 30.9 Å². The second-order valence-electron chi connectivity index (χ2n) is 6.59. The maximum absolute atomic E-state index is 13.0. The fourth-order valence-corrected chi connectivity index (χ4v) is 3.33. The maximum Gasteiger partial charge on any atom is 0.234 e. The number of carbonyl (C=O) groups is 1. The van der Waals surface area contributed by atoms with Crippen molar-refractivity contribution in [1.29, 1.82) is 0 Å². The number of halogens is 1. The fourth-order valence-electron chi connectivity index (χ4n) is 2.69. The van der Waals surface area contributed by atoms with Gasteiger partial charge in [0.2, 0.25) is 17.8 Å². The highest BCUT2D eigenvalue weighted by atomic mass is 32.2. The van der Waals surface area contributed by atoms with Gasteiger partial charge in [-0.1, -0.05) is 48.2 Å². The Balaban J connectivity index is 1.48. The van der Waals surface area contributed by atoms with E-state index in [0.29, 0.717) is 22.7 Å². The molecule has 0 unspecified atom stereocenters. The molecule has 0 saturated heterocycles. The Morgan fingerprint density at radius 3 is 1.78 bits per heavy atom. The molecule has 1 aromatic heterocycles. The molecule has 0 aliphatic rings. The number of hydrogen-bond acceptors (Lipinski definition) is 7. The summed E-state index contributed by atoms with van der Waals surface area (Å²) in [6.07, 6.45) is 0. The molecule has 1 heterocycles. The minimum Gasteiger partial charge on any atom is -0.325 e. The predicted molar refractivity (Wildman–Crippen MR) is 125 cm³/mol. The first-order valence-electron chi connectivity index (χ1n) is 9.72. The molecule has 4 aromatic rings. The third-order valence-corrected chi connectivity index (χ3v) is 4.98. The Kier molecular flexibility index (Phi) is 6.88. The molecule has 0 radical (unpaired) electrons. The summed E-state index contributed by atoms with van der Waals surface area (Å²) in [5, 5.41) is 9.40. The molecule has 1 amide bonds. The smallest absolute Gasteiger partial charge is 0.234 e. The zero-order valence-electron chi connectivity index (χ0n) is 16.8. The van der Waals surface area contributed by atoms with Crippen LogP contribution in [0.1, 0.15) is 0 Å². The summed E-state index contributed by atoms with van der Waals surface area (Å²) in [5.74, 6) is 0.172. The zero-order valence-corrected chi connectivity index (χ0v) is 17.6. The van der Waals surface area contributed by atoms with Crippen LogP contribution in [0, 0.1) is 5.82 Å². The molecule has 3 N–H and O–H groups in total. The van der Waals surface area contributed by atoms with Crippen LogP contribution in [0.4, 0.5) is 33.3 Å². The molecule has 0 aliphatic heterocycles. The van der Waals surface area contributed by atoms with Crippen molar-refractivity contribution in [3.63, 3.8) is 0 Å². The molecule has 0 spiro atoms. The molecule has 0 atom stereocenters. The van der Waals surface area contributed by atoms with E-state index in [1.54, 1.807) is 0 Å². The van der Waals surface area contributed by atoms with E-state index >= 15 is 0 Å². The second-order valence-corrected chi connectivity index (χ2v) is 7.53. The second kappa shape index (κ2) is 10.4. The van der Waals surface area contributed by atoms with Crippen molar-refractivity contribution >= 4 is 46.6 Å². The van der Waals surface area contributed by atoms with E-state index in [9.17, 15) is 9.18 Å². The summed E-state index contributed by atoms with van der Waals surface area (Å²) < 4.78 is 13.0. The number of hydrogen-bond donors (Lipinski definition) is 3.